The van der Waals surface area contributed by atoms with E-state index < -0.39 is 0 Å². The van der Waals surface area contributed by atoms with Crippen molar-refractivity contribution in [3.63, 3.8) is 0 Å². The van der Waals surface area contributed by atoms with E-state index in [1.54, 1.807) is 6.07 Å². The predicted octanol–water partition coefficient (Wildman–Crippen LogP) is 2.34. The molecule has 2 heterocycles. The van der Waals surface area contributed by atoms with Crippen LogP contribution < -0.4 is 5.32 Å². The molecule has 5 heteroatoms. The summed E-state index contributed by atoms with van der Waals surface area (Å²) in [6, 6.07) is 4.57. The lowest BCUT2D eigenvalue weighted by molar-refractivity contribution is 0.441. The lowest BCUT2D eigenvalue weighted by Crippen LogP contribution is -2.30. The molecule has 3 rings (SSSR count). The minimum atomic E-state index is -0.291. The second kappa shape index (κ2) is 4.07. The van der Waals surface area contributed by atoms with Gasteiger partial charge in [0.15, 0.2) is 5.58 Å². The summed E-state index contributed by atoms with van der Waals surface area (Å²) in [6.07, 6.45) is 0. The molecule has 1 saturated heterocycles. The van der Waals surface area contributed by atoms with Gasteiger partial charge in [-0.1, -0.05) is 0 Å². The van der Waals surface area contributed by atoms with Crippen molar-refractivity contribution in [2.24, 2.45) is 0 Å². The summed E-state index contributed by atoms with van der Waals surface area (Å²) in [7, 11) is 0. The van der Waals surface area contributed by atoms with E-state index in [2.05, 4.69) is 10.3 Å². The molecule has 0 aliphatic carbocycles. The van der Waals surface area contributed by atoms with Crippen LogP contribution in [0.15, 0.2) is 22.6 Å². The van der Waals surface area contributed by atoms with Crippen molar-refractivity contribution in [3.8, 4) is 0 Å². The SMILES string of the molecule is Fc1ccc2nc(C3CSCCN3)oc2c1. The van der Waals surface area contributed by atoms with Crippen molar-refractivity contribution in [2.75, 3.05) is 18.1 Å². The smallest absolute Gasteiger partial charge is 0.213 e. The molecule has 1 aromatic carbocycles. The Balaban J connectivity index is 1.97. The van der Waals surface area contributed by atoms with Crippen molar-refractivity contribution >= 4 is 22.9 Å². The van der Waals surface area contributed by atoms with Gasteiger partial charge >= 0.3 is 0 Å². The van der Waals surface area contributed by atoms with Crippen LogP contribution in [0.3, 0.4) is 0 Å². The highest BCUT2D eigenvalue weighted by Crippen LogP contribution is 2.25. The molecular weight excluding hydrogens is 227 g/mol. The summed E-state index contributed by atoms with van der Waals surface area (Å²) in [5, 5.41) is 3.34. The molecule has 0 spiro atoms. The van der Waals surface area contributed by atoms with Crippen molar-refractivity contribution in [1.29, 1.82) is 0 Å². The molecular formula is C11H11FN2OS. The second-order valence-corrected chi connectivity index (χ2v) is 4.90. The largest absolute Gasteiger partial charge is 0.439 e. The van der Waals surface area contributed by atoms with Gasteiger partial charge in [0.25, 0.3) is 0 Å². The fourth-order valence-corrected chi connectivity index (χ4v) is 2.71. The average molecular weight is 238 g/mol. The summed E-state index contributed by atoms with van der Waals surface area (Å²) >= 11 is 1.87. The summed E-state index contributed by atoms with van der Waals surface area (Å²) in [5.74, 6) is 2.44. The van der Waals surface area contributed by atoms with Gasteiger partial charge in [-0.25, -0.2) is 9.37 Å². The number of nitrogens with zero attached hydrogens (tertiary/aromatic N) is 1. The number of aromatic nitrogens is 1. The van der Waals surface area contributed by atoms with E-state index in [0.717, 1.165) is 18.1 Å². The van der Waals surface area contributed by atoms with E-state index in [1.165, 1.54) is 12.1 Å². The number of thioether (sulfide) groups is 1. The first-order valence-corrected chi connectivity index (χ1v) is 6.35. The van der Waals surface area contributed by atoms with Crippen LogP contribution >= 0.6 is 11.8 Å². The fraction of sp³-hybridized carbons (Fsp3) is 0.364. The van der Waals surface area contributed by atoms with Gasteiger partial charge in [-0.05, 0) is 12.1 Å². The maximum Gasteiger partial charge on any atom is 0.213 e. The molecule has 1 fully saturated rings. The first kappa shape index (κ1) is 10.1. The van der Waals surface area contributed by atoms with E-state index >= 15 is 0 Å². The van der Waals surface area contributed by atoms with Crippen LogP contribution in [0.1, 0.15) is 11.9 Å². The highest BCUT2D eigenvalue weighted by Gasteiger charge is 2.20. The quantitative estimate of drug-likeness (QED) is 0.827. The molecule has 0 amide bonds. The van der Waals surface area contributed by atoms with E-state index in [9.17, 15) is 4.39 Å². The Hall–Kier alpha value is -1.07. The molecule has 1 N–H and O–H groups in total. The van der Waals surface area contributed by atoms with Gasteiger partial charge in [-0.3, -0.25) is 0 Å². The van der Waals surface area contributed by atoms with E-state index in [0.29, 0.717) is 17.0 Å². The predicted molar refractivity (Wildman–Crippen MR) is 62.0 cm³/mol. The zero-order valence-corrected chi connectivity index (χ0v) is 9.39. The lowest BCUT2D eigenvalue weighted by Gasteiger charge is -2.19. The maximum absolute atomic E-state index is 13.0. The molecule has 0 radical (unpaired) electrons. The molecule has 3 nitrogen and oxygen atoms in total. The maximum atomic E-state index is 13.0. The number of nitrogens with one attached hydrogen (secondary N) is 1. The number of rotatable bonds is 1. The number of fused-ring (bicyclic) bond motifs is 1. The first-order chi connectivity index (χ1) is 7.83. The van der Waals surface area contributed by atoms with Crippen molar-refractivity contribution < 1.29 is 8.81 Å². The third kappa shape index (κ3) is 1.81. The molecule has 2 aromatic rings. The van der Waals surface area contributed by atoms with Crippen LogP contribution in [0.25, 0.3) is 11.1 Å². The Morgan fingerprint density at radius 3 is 3.25 bits per heavy atom. The minimum absolute atomic E-state index is 0.147. The zero-order chi connectivity index (χ0) is 11.0. The molecule has 16 heavy (non-hydrogen) atoms. The Labute approximate surface area is 96.4 Å². The molecule has 84 valence electrons. The number of hydrogen-bond donors (Lipinski definition) is 1. The van der Waals surface area contributed by atoms with Gasteiger partial charge in [-0.15, -0.1) is 0 Å². The Morgan fingerprint density at radius 2 is 2.44 bits per heavy atom. The highest BCUT2D eigenvalue weighted by atomic mass is 32.2. The number of hydrogen-bond acceptors (Lipinski definition) is 4. The van der Waals surface area contributed by atoms with Crippen LogP contribution in [0, 0.1) is 5.82 Å². The Kier molecular flexibility index (Phi) is 2.57. The minimum Gasteiger partial charge on any atom is -0.439 e. The van der Waals surface area contributed by atoms with Gasteiger partial charge in [0, 0.05) is 24.1 Å². The van der Waals surface area contributed by atoms with E-state index in [-0.39, 0.29) is 11.9 Å². The fourth-order valence-electron chi connectivity index (χ4n) is 1.79. The van der Waals surface area contributed by atoms with E-state index in [1.807, 2.05) is 11.8 Å². The average Bonchev–Trinajstić information content (AvgIpc) is 2.73. The summed E-state index contributed by atoms with van der Waals surface area (Å²) in [4.78, 5) is 4.37. The topological polar surface area (TPSA) is 38.1 Å². The van der Waals surface area contributed by atoms with Gasteiger partial charge < -0.3 is 9.73 Å². The standard InChI is InChI=1S/C11H11FN2OS/c12-7-1-2-8-10(5-7)15-11(14-8)9-6-16-4-3-13-9/h1-2,5,9,13H,3-4,6H2. The number of halogens is 1. The third-order valence-corrected chi connectivity index (χ3v) is 3.65. The van der Waals surface area contributed by atoms with E-state index in [4.69, 9.17) is 4.42 Å². The zero-order valence-electron chi connectivity index (χ0n) is 8.57. The molecule has 1 aromatic heterocycles. The third-order valence-electron chi connectivity index (χ3n) is 2.59. The van der Waals surface area contributed by atoms with Crippen LogP contribution in [0.2, 0.25) is 0 Å². The molecule has 1 unspecified atom stereocenters. The summed E-state index contributed by atoms with van der Waals surface area (Å²) in [5.41, 5.74) is 1.24. The Bertz CT molecular complexity index is 508. The van der Waals surface area contributed by atoms with Crippen LogP contribution in [0.5, 0.6) is 0 Å². The molecule has 1 aliphatic heterocycles. The van der Waals surface area contributed by atoms with Gasteiger partial charge in [0.1, 0.15) is 11.3 Å². The molecule has 0 saturated carbocycles. The highest BCUT2D eigenvalue weighted by molar-refractivity contribution is 7.99. The van der Waals surface area contributed by atoms with Gasteiger partial charge in [0.05, 0.1) is 6.04 Å². The number of benzene rings is 1. The summed E-state index contributed by atoms with van der Waals surface area (Å²) < 4.78 is 18.5. The van der Waals surface area contributed by atoms with Crippen molar-refractivity contribution in [2.45, 2.75) is 6.04 Å². The number of oxazole rings is 1. The van der Waals surface area contributed by atoms with Gasteiger partial charge in [-0.2, -0.15) is 11.8 Å². The van der Waals surface area contributed by atoms with Gasteiger partial charge in [0.2, 0.25) is 5.89 Å². The molecule has 1 atom stereocenters. The van der Waals surface area contributed by atoms with Crippen LogP contribution in [-0.2, 0) is 0 Å². The van der Waals surface area contributed by atoms with Crippen LogP contribution in [0.4, 0.5) is 4.39 Å². The first-order valence-electron chi connectivity index (χ1n) is 5.20. The summed E-state index contributed by atoms with van der Waals surface area (Å²) in [6.45, 7) is 0.961. The molecule has 0 bridgehead atoms. The Morgan fingerprint density at radius 1 is 1.50 bits per heavy atom. The van der Waals surface area contributed by atoms with Crippen LogP contribution in [-0.4, -0.2) is 23.0 Å². The normalized spacial score (nSPS) is 21.4. The monoisotopic (exact) mass is 238 g/mol. The lowest BCUT2D eigenvalue weighted by atomic mass is 10.3. The van der Waals surface area contributed by atoms with Crippen molar-refractivity contribution in [3.05, 3.63) is 29.9 Å². The van der Waals surface area contributed by atoms with Crippen molar-refractivity contribution in [1.82, 2.24) is 10.3 Å². The second-order valence-electron chi connectivity index (χ2n) is 3.75. The molecule has 1 aliphatic rings.